The number of piperazine rings is 1. The number of hydrogen-bond acceptors (Lipinski definition) is 9. The van der Waals surface area contributed by atoms with Crippen LogP contribution in [0.25, 0.3) is 0 Å². The standard InChI is InChI=1S/C43H59ClN4O6S/c1-5-7-31-22-35(44)11-12-37(31)34-26-48-25-33-9-13-38(33)43(52-4,28-46-17-19-47(20-18-46)36-15-21-53-41(49)24-36)16-6-8-29(2)30(3)55(51)45-42(50)32-10-14-40(54-27-34)39(48)23-32/h6,10-12,14,16,22-23,29-30,33-34,36,38H,5,7-9,13,15,17-21,24-28H2,1-4H3,(H,45,50)/b16-6+/t29-,30+,33-,34-,36+,38+,43+,55?/m0/s1. The van der Waals surface area contributed by atoms with Gasteiger partial charge in [-0.05, 0) is 92.3 Å². The van der Waals surface area contributed by atoms with Gasteiger partial charge in [-0.1, -0.05) is 50.1 Å². The van der Waals surface area contributed by atoms with Crippen molar-refractivity contribution in [3.8, 4) is 5.75 Å². The molecule has 5 aliphatic rings. The highest BCUT2D eigenvalue weighted by Gasteiger charge is 2.49. The van der Waals surface area contributed by atoms with Crippen LogP contribution in [0.2, 0.25) is 5.02 Å². The van der Waals surface area contributed by atoms with E-state index in [0.29, 0.717) is 31.1 Å². The molecule has 12 heteroatoms. The Morgan fingerprint density at radius 3 is 2.58 bits per heavy atom. The minimum atomic E-state index is -1.57. The summed E-state index contributed by atoms with van der Waals surface area (Å²) in [4.78, 5) is 33.1. The van der Waals surface area contributed by atoms with Crippen molar-refractivity contribution in [3.05, 3.63) is 70.3 Å². The Hall–Kier alpha value is -2.80. The predicted molar refractivity (Wildman–Crippen MR) is 218 cm³/mol. The van der Waals surface area contributed by atoms with Gasteiger partial charge in [-0.2, -0.15) is 4.72 Å². The number of allylic oxidation sites excluding steroid dienone is 1. The van der Waals surface area contributed by atoms with Crippen LogP contribution in [0.1, 0.15) is 86.7 Å². The lowest BCUT2D eigenvalue weighted by atomic mass is 9.63. The molecule has 2 bridgehead atoms. The number of carbonyl (C=O) groups excluding carboxylic acids is 2. The molecule has 0 radical (unpaired) electrons. The SMILES string of the molecule is CCCc1cc(Cl)ccc1[C@@H]1COc2ccc3cc2N(C1)C[C@@H]1CC[C@H]1[C@@](CN1CCN([C@@H]2CCOC(=O)C2)CC1)(OC)/C=C/C[C@H](C)[C@@H](C)[S+]([O-])NC3=O. The Balaban J connectivity index is 1.20. The zero-order valence-corrected chi connectivity index (χ0v) is 34.5. The van der Waals surface area contributed by atoms with Gasteiger partial charge < -0.3 is 23.7 Å². The largest absolute Gasteiger partial charge is 0.593 e. The van der Waals surface area contributed by atoms with E-state index >= 15 is 0 Å². The number of halogens is 1. The van der Waals surface area contributed by atoms with Crippen LogP contribution in [0, 0.1) is 17.8 Å². The molecule has 4 heterocycles. The second-order valence-electron chi connectivity index (χ2n) is 16.5. The number of nitrogens with one attached hydrogen (secondary N) is 1. The van der Waals surface area contributed by atoms with Crippen molar-refractivity contribution < 1.29 is 28.4 Å². The number of hydrogen-bond donors (Lipinski definition) is 1. The van der Waals surface area contributed by atoms with Crippen LogP contribution in [0.4, 0.5) is 5.69 Å². The second kappa shape index (κ2) is 17.8. The molecule has 300 valence electrons. The fourth-order valence-electron chi connectivity index (χ4n) is 9.48. The zero-order valence-electron chi connectivity index (χ0n) is 33.0. The summed E-state index contributed by atoms with van der Waals surface area (Å²) in [7, 11) is 1.87. The summed E-state index contributed by atoms with van der Waals surface area (Å²) in [5.41, 5.74) is 3.37. The Kier molecular flexibility index (Phi) is 13.1. The normalized spacial score (nSPS) is 33.0. The highest BCUT2D eigenvalue weighted by Crippen LogP contribution is 2.47. The number of methoxy groups -OCH3 is 1. The van der Waals surface area contributed by atoms with Gasteiger partial charge >= 0.3 is 5.97 Å². The van der Waals surface area contributed by atoms with E-state index < -0.39 is 17.0 Å². The van der Waals surface area contributed by atoms with E-state index in [-0.39, 0.29) is 40.9 Å². The molecule has 55 heavy (non-hydrogen) atoms. The highest BCUT2D eigenvalue weighted by molar-refractivity contribution is 7.90. The number of anilines is 1. The monoisotopic (exact) mass is 794 g/mol. The molecule has 0 aromatic heterocycles. The van der Waals surface area contributed by atoms with Crippen LogP contribution < -0.4 is 14.4 Å². The van der Waals surface area contributed by atoms with Crippen LogP contribution >= 0.6 is 11.6 Å². The highest BCUT2D eigenvalue weighted by atomic mass is 35.5. The summed E-state index contributed by atoms with van der Waals surface area (Å²) < 4.78 is 34.9. The Morgan fingerprint density at radius 2 is 1.85 bits per heavy atom. The maximum Gasteiger partial charge on any atom is 0.307 e. The molecule has 2 aromatic carbocycles. The van der Waals surface area contributed by atoms with Gasteiger partial charge in [0, 0.05) is 81.4 Å². The summed E-state index contributed by atoms with van der Waals surface area (Å²) in [6.45, 7) is 13.2. The van der Waals surface area contributed by atoms with Crippen molar-refractivity contribution in [1.82, 2.24) is 14.5 Å². The number of fused-ring (bicyclic) bond motifs is 2. The van der Waals surface area contributed by atoms with E-state index in [4.69, 9.17) is 25.8 Å². The Morgan fingerprint density at radius 1 is 1.04 bits per heavy atom. The van der Waals surface area contributed by atoms with Crippen molar-refractivity contribution >= 4 is 40.5 Å². The summed E-state index contributed by atoms with van der Waals surface area (Å²) in [6, 6.07) is 12.1. The lowest BCUT2D eigenvalue weighted by Crippen LogP contribution is -2.59. The van der Waals surface area contributed by atoms with E-state index in [0.717, 1.165) is 101 Å². The maximum atomic E-state index is 13.6. The van der Waals surface area contributed by atoms with Crippen LogP contribution in [0.5, 0.6) is 5.75 Å². The first-order valence-electron chi connectivity index (χ1n) is 20.4. The lowest BCUT2D eigenvalue weighted by Gasteiger charge is -2.52. The van der Waals surface area contributed by atoms with Gasteiger partial charge in [0.15, 0.2) is 0 Å². The molecule has 2 saturated heterocycles. The van der Waals surface area contributed by atoms with Gasteiger partial charge in [0.1, 0.15) is 16.6 Å². The molecule has 1 aliphatic carbocycles. The van der Waals surface area contributed by atoms with Gasteiger partial charge in [0.25, 0.3) is 5.91 Å². The minimum absolute atomic E-state index is 0.0705. The summed E-state index contributed by atoms with van der Waals surface area (Å²) in [5, 5.41) is 0.492. The van der Waals surface area contributed by atoms with Crippen molar-refractivity contribution in [2.75, 3.05) is 71.0 Å². The molecule has 0 spiro atoms. The molecule has 1 N–H and O–H groups in total. The van der Waals surface area contributed by atoms with Gasteiger partial charge in [0.2, 0.25) is 0 Å². The molecule has 2 aromatic rings. The number of aryl methyl sites for hydroxylation is 1. The smallest absolute Gasteiger partial charge is 0.307 e. The molecule has 3 fully saturated rings. The van der Waals surface area contributed by atoms with Gasteiger partial charge in [-0.3, -0.25) is 19.4 Å². The van der Waals surface area contributed by atoms with Crippen LogP contribution in [-0.2, 0) is 32.1 Å². The van der Waals surface area contributed by atoms with Crippen LogP contribution in [0.3, 0.4) is 0 Å². The number of cyclic esters (lactones) is 1. The number of nitrogens with zero attached hydrogens (tertiary/aromatic N) is 3. The molecule has 1 unspecified atom stereocenters. The summed E-state index contributed by atoms with van der Waals surface area (Å²) >= 11 is 4.94. The predicted octanol–water partition coefficient (Wildman–Crippen LogP) is 6.39. The Labute approximate surface area is 335 Å². The quantitative estimate of drug-likeness (QED) is 0.194. The number of esters is 1. The molecular formula is C43H59ClN4O6S. The van der Waals surface area contributed by atoms with E-state index in [1.165, 1.54) is 11.1 Å². The number of amides is 1. The van der Waals surface area contributed by atoms with Gasteiger partial charge in [-0.25, -0.2) is 0 Å². The van der Waals surface area contributed by atoms with Crippen molar-refractivity contribution in [1.29, 1.82) is 0 Å². The molecule has 1 amide bonds. The third-order valence-corrected chi connectivity index (χ3v) is 14.9. The third-order valence-electron chi connectivity index (χ3n) is 13.1. The molecule has 1 saturated carbocycles. The fraction of sp³-hybridized carbons (Fsp3) is 0.628. The lowest BCUT2D eigenvalue weighted by molar-refractivity contribution is -0.150. The first-order chi connectivity index (χ1) is 26.6. The number of benzene rings is 2. The fourth-order valence-corrected chi connectivity index (χ4v) is 10.7. The molecular weight excluding hydrogens is 736 g/mol. The average molecular weight is 795 g/mol. The zero-order chi connectivity index (χ0) is 38.7. The summed E-state index contributed by atoms with van der Waals surface area (Å²) in [6.07, 6.45) is 10.7. The topological polar surface area (TPSA) is 107 Å². The Bertz CT molecular complexity index is 1700. The maximum absolute atomic E-state index is 13.6. The van der Waals surface area contributed by atoms with Gasteiger partial charge in [-0.15, -0.1) is 0 Å². The van der Waals surface area contributed by atoms with Crippen molar-refractivity contribution in [2.45, 2.75) is 88.5 Å². The third kappa shape index (κ3) is 9.02. The molecule has 8 atom stereocenters. The number of rotatable bonds is 7. The molecule has 7 rings (SSSR count). The van der Waals surface area contributed by atoms with Crippen LogP contribution in [-0.4, -0.2) is 109 Å². The average Bonchev–Trinajstić information content (AvgIpc) is 3.35. The van der Waals surface area contributed by atoms with E-state index in [1.807, 2.05) is 32.2 Å². The van der Waals surface area contributed by atoms with E-state index in [1.54, 1.807) is 6.07 Å². The van der Waals surface area contributed by atoms with Gasteiger partial charge in [0.05, 0.1) is 36.7 Å². The molecule has 10 nitrogen and oxygen atoms in total. The van der Waals surface area contributed by atoms with Crippen molar-refractivity contribution in [3.63, 3.8) is 0 Å². The second-order valence-corrected chi connectivity index (χ2v) is 18.5. The number of ether oxygens (including phenoxy) is 3. The van der Waals surface area contributed by atoms with E-state index in [2.05, 4.69) is 57.6 Å². The van der Waals surface area contributed by atoms with Crippen molar-refractivity contribution in [2.24, 2.45) is 17.8 Å². The van der Waals surface area contributed by atoms with E-state index in [9.17, 15) is 14.1 Å². The first kappa shape index (κ1) is 40.4. The van der Waals surface area contributed by atoms with Crippen LogP contribution in [0.15, 0.2) is 48.6 Å². The molecule has 4 aliphatic heterocycles. The minimum Gasteiger partial charge on any atom is -0.593 e. The first-order valence-corrected chi connectivity index (χ1v) is 22.0. The summed E-state index contributed by atoms with van der Waals surface area (Å²) in [5.74, 6) is 1.12. The number of carbonyl (C=O) groups is 2.